The second-order valence-electron chi connectivity index (χ2n) is 6.65. The number of carbonyl (C=O) groups excluding carboxylic acids is 1. The highest BCUT2D eigenvalue weighted by Gasteiger charge is 2.36. The molecule has 0 aromatic heterocycles. The Balaban J connectivity index is 2.15. The Kier molecular flexibility index (Phi) is 9.41. The Morgan fingerprint density at radius 2 is 1.60 bits per heavy atom. The van der Waals surface area contributed by atoms with Crippen molar-refractivity contribution in [1.82, 2.24) is 10.6 Å². The lowest BCUT2D eigenvalue weighted by Crippen LogP contribution is -2.44. The molecule has 8 heteroatoms. The highest BCUT2D eigenvalue weighted by molar-refractivity contribution is 6.84. The van der Waals surface area contributed by atoms with E-state index in [0.29, 0.717) is 19.1 Å². The third-order valence-corrected chi connectivity index (χ3v) is 10.7. The zero-order valence-electron chi connectivity index (χ0n) is 16.1. The Labute approximate surface area is 153 Å². The van der Waals surface area contributed by atoms with E-state index < -0.39 is 16.9 Å². The van der Waals surface area contributed by atoms with Crippen LogP contribution in [0.3, 0.4) is 0 Å². The normalized spacial score (nSPS) is 13.9. The molecule has 0 spiro atoms. The zero-order chi connectivity index (χ0) is 18.8. The fraction of sp³-hybridized carbons (Fsp3) is 0.647. The fourth-order valence-electron chi connectivity index (χ4n) is 2.74. The van der Waals surface area contributed by atoms with E-state index >= 15 is 0 Å². The van der Waals surface area contributed by atoms with E-state index in [1.54, 1.807) is 21.3 Å². The Bertz CT molecular complexity index is 516. The molecule has 1 aliphatic rings. The molecule has 2 N–H and O–H groups in total. The molecule has 25 heavy (non-hydrogen) atoms. The lowest BCUT2D eigenvalue weighted by atomic mass is 10.4. The number of amides is 2. The molecule has 0 heterocycles. The van der Waals surface area contributed by atoms with Crippen molar-refractivity contribution in [2.75, 3.05) is 34.4 Å². The van der Waals surface area contributed by atoms with Crippen molar-refractivity contribution >= 4 is 22.9 Å². The first-order chi connectivity index (χ1) is 11.9. The molecular weight excluding hydrogens is 352 g/mol. The minimum absolute atomic E-state index is 0.126. The van der Waals surface area contributed by atoms with Crippen molar-refractivity contribution in [3.05, 3.63) is 29.2 Å². The molecule has 0 unspecified atom stereocenters. The van der Waals surface area contributed by atoms with E-state index in [1.165, 1.54) is 5.20 Å². The topological polar surface area (TPSA) is 68.8 Å². The lowest BCUT2D eigenvalue weighted by Gasteiger charge is -2.24. The fourth-order valence-corrected chi connectivity index (χ4v) is 6.82. The predicted octanol–water partition coefficient (Wildman–Crippen LogP) is 2.84. The third-order valence-electron chi connectivity index (χ3n) is 4.47. The summed E-state index contributed by atoms with van der Waals surface area (Å²) in [6, 6.07) is 1.68. The number of hydrogen-bond acceptors (Lipinski definition) is 4. The average molecular weight is 385 g/mol. The smallest absolute Gasteiger partial charge is 0.377 e. The van der Waals surface area contributed by atoms with Crippen LogP contribution in [0.5, 0.6) is 0 Å². The molecule has 0 radical (unpaired) electrons. The van der Waals surface area contributed by atoms with Crippen LogP contribution in [0.15, 0.2) is 29.2 Å². The number of carbonyl (C=O) groups is 1. The quantitative estimate of drug-likeness (QED) is 0.308. The Morgan fingerprint density at radius 1 is 1.04 bits per heavy atom. The van der Waals surface area contributed by atoms with Crippen LogP contribution in [0.1, 0.15) is 12.8 Å². The van der Waals surface area contributed by atoms with Gasteiger partial charge in [-0.25, -0.2) is 4.79 Å². The first-order valence-electron chi connectivity index (χ1n) is 8.70. The molecule has 0 aromatic rings. The summed E-state index contributed by atoms with van der Waals surface area (Å²) in [5.74, 6) is 0. The molecule has 0 fully saturated rings. The molecule has 0 aromatic carbocycles. The molecular formula is C17H32N2O4Si2. The maximum Gasteiger partial charge on any atom is 0.500 e. The summed E-state index contributed by atoms with van der Waals surface area (Å²) in [5, 5.41) is 7.14. The molecule has 0 bridgehead atoms. The van der Waals surface area contributed by atoms with Crippen LogP contribution < -0.4 is 10.6 Å². The molecule has 0 saturated heterocycles. The molecule has 6 nitrogen and oxygen atoms in total. The maximum atomic E-state index is 11.8. The van der Waals surface area contributed by atoms with E-state index in [1.807, 2.05) is 12.2 Å². The first kappa shape index (κ1) is 21.9. The second-order valence-corrected chi connectivity index (χ2v) is 14.6. The van der Waals surface area contributed by atoms with Crippen molar-refractivity contribution in [2.24, 2.45) is 0 Å². The molecule has 1 aliphatic carbocycles. The molecule has 1 rings (SSSR count). The number of nitrogens with one attached hydrogen (secondary N) is 2. The van der Waals surface area contributed by atoms with Gasteiger partial charge in [0.05, 0.1) is 8.07 Å². The van der Waals surface area contributed by atoms with E-state index in [9.17, 15) is 4.79 Å². The summed E-state index contributed by atoms with van der Waals surface area (Å²) in [4.78, 5) is 11.8. The SMILES string of the molecule is CO[Si](CCCNC(=O)NCCC[Si](C)(C)C1=C=CC=C1)(OC)OC. The van der Waals surface area contributed by atoms with Crippen molar-refractivity contribution in [3.8, 4) is 0 Å². The number of urea groups is 1. The predicted molar refractivity (Wildman–Crippen MR) is 105 cm³/mol. The van der Waals surface area contributed by atoms with Gasteiger partial charge in [0.1, 0.15) is 0 Å². The van der Waals surface area contributed by atoms with Gasteiger partial charge in [0.25, 0.3) is 0 Å². The number of allylic oxidation sites excluding steroid dienone is 3. The van der Waals surface area contributed by atoms with E-state index in [-0.39, 0.29) is 6.03 Å². The van der Waals surface area contributed by atoms with Crippen LogP contribution in [0.4, 0.5) is 4.79 Å². The van der Waals surface area contributed by atoms with Crippen LogP contribution >= 0.6 is 0 Å². The molecule has 0 saturated carbocycles. The van der Waals surface area contributed by atoms with Crippen LogP contribution in [0, 0.1) is 0 Å². The van der Waals surface area contributed by atoms with Gasteiger partial charge < -0.3 is 23.9 Å². The van der Waals surface area contributed by atoms with Gasteiger partial charge in [0.2, 0.25) is 0 Å². The zero-order valence-corrected chi connectivity index (χ0v) is 18.1. The number of rotatable bonds is 12. The van der Waals surface area contributed by atoms with Crippen LogP contribution in [-0.2, 0) is 13.3 Å². The van der Waals surface area contributed by atoms with Crippen molar-refractivity contribution < 1.29 is 18.1 Å². The molecule has 2 amide bonds. The summed E-state index contributed by atoms with van der Waals surface area (Å²) in [6.07, 6.45) is 7.92. The summed E-state index contributed by atoms with van der Waals surface area (Å²) in [6.45, 7) is 5.95. The van der Waals surface area contributed by atoms with E-state index in [0.717, 1.165) is 18.9 Å². The van der Waals surface area contributed by atoms with E-state index in [2.05, 4.69) is 35.5 Å². The molecule has 0 aliphatic heterocycles. The van der Waals surface area contributed by atoms with Gasteiger partial charge in [0, 0.05) is 40.5 Å². The summed E-state index contributed by atoms with van der Waals surface area (Å²) < 4.78 is 16.1. The molecule has 142 valence electrons. The Morgan fingerprint density at radius 3 is 2.08 bits per heavy atom. The highest BCUT2D eigenvalue weighted by atomic mass is 28.4. The van der Waals surface area contributed by atoms with Crippen molar-refractivity contribution in [1.29, 1.82) is 0 Å². The van der Waals surface area contributed by atoms with Crippen LogP contribution in [0.2, 0.25) is 25.2 Å². The third kappa shape index (κ3) is 7.31. The summed E-state index contributed by atoms with van der Waals surface area (Å²) >= 11 is 0. The minimum Gasteiger partial charge on any atom is -0.377 e. The molecule has 0 atom stereocenters. The lowest BCUT2D eigenvalue weighted by molar-refractivity contribution is 0.123. The second kappa shape index (κ2) is 10.7. The standard InChI is InChI=1S/C17H32N2O4Si2/c1-21-25(22-2,23-3)15-9-13-19-17(20)18-12-8-14-24(4,5)16-10-6-7-11-16/h6-7,10H,8-9,12-15H2,1-5H3,(H2,18,19,20). The van der Waals surface area contributed by atoms with Crippen LogP contribution in [0.25, 0.3) is 0 Å². The van der Waals surface area contributed by atoms with Crippen LogP contribution in [-0.4, -0.2) is 57.3 Å². The maximum absolute atomic E-state index is 11.8. The van der Waals surface area contributed by atoms with Gasteiger partial charge in [0.15, 0.2) is 0 Å². The van der Waals surface area contributed by atoms with Gasteiger partial charge in [-0.1, -0.05) is 31.3 Å². The summed E-state index contributed by atoms with van der Waals surface area (Å²) in [5.41, 5.74) is 3.32. The summed E-state index contributed by atoms with van der Waals surface area (Å²) in [7, 11) is 0.817. The van der Waals surface area contributed by atoms with Gasteiger partial charge in [-0.05, 0) is 24.1 Å². The minimum atomic E-state index is -2.54. The van der Waals surface area contributed by atoms with Gasteiger partial charge in [-0.3, -0.25) is 0 Å². The number of hydrogen-bond donors (Lipinski definition) is 2. The Hall–Kier alpha value is -1.16. The average Bonchev–Trinajstić information content (AvgIpc) is 3.15. The first-order valence-corrected chi connectivity index (χ1v) is 13.8. The van der Waals surface area contributed by atoms with Gasteiger partial charge >= 0.3 is 14.8 Å². The van der Waals surface area contributed by atoms with Crippen molar-refractivity contribution in [3.63, 3.8) is 0 Å². The largest absolute Gasteiger partial charge is 0.500 e. The van der Waals surface area contributed by atoms with Gasteiger partial charge in [-0.2, -0.15) is 0 Å². The van der Waals surface area contributed by atoms with Gasteiger partial charge in [-0.15, -0.1) is 5.73 Å². The van der Waals surface area contributed by atoms with E-state index in [4.69, 9.17) is 13.3 Å². The monoisotopic (exact) mass is 384 g/mol. The highest BCUT2D eigenvalue weighted by Crippen LogP contribution is 2.23. The van der Waals surface area contributed by atoms with Crippen molar-refractivity contribution in [2.45, 2.75) is 38.0 Å².